The molecule has 0 saturated heterocycles. The average molecular weight is 388 g/mol. The Labute approximate surface area is 160 Å². The number of nitrogens with one attached hydrogen (secondary N) is 1. The number of aryl methyl sites for hydroxylation is 2. The number of rotatable bonds is 6. The van der Waals surface area contributed by atoms with Crippen molar-refractivity contribution in [3.63, 3.8) is 0 Å². The molecule has 0 unspecified atom stereocenters. The van der Waals surface area contributed by atoms with Crippen molar-refractivity contribution in [2.24, 2.45) is 0 Å². The van der Waals surface area contributed by atoms with E-state index in [9.17, 15) is 14.4 Å². The molecule has 0 radical (unpaired) electrons. The van der Waals surface area contributed by atoms with E-state index in [0.717, 1.165) is 19.3 Å². The summed E-state index contributed by atoms with van der Waals surface area (Å²) in [5, 5.41) is 4.54. The average Bonchev–Trinajstić information content (AvgIpc) is 3.12. The van der Waals surface area contributed by atoms with Crippen molar-refractivity contribution in [3.8, 4) is 0 Å². The summed E-state index contributed by atoms with van der Waals surface area (Å²) in [6.45, 7) is -0.401. The number of hydrogen-bond donors (Lipinski definition) is 1. The van der Waals surface area contributed by atoms with Crippen LogP contribution in [-0.2, 0) is 38.3 Å². The van der Waals surface area contributed by atoms with Crippen molar-refractivity contribution in [2.45, 2.75) is 32.1 Å². The Morgan fingerprint density at radius 1 is 1.19 bits per heavy atom. The van der Waals surface area contributed by atoms with E-state index in [0.29, 0.717) is 16.4 Å². The van der Waals surface area contributed by atoms with Crippen molar-refractivity contribution < 1.29 is 23.9 Å². The molecule has 1 aliphatic rings. The van der Waals surface area contributed by atoms with E-state index in [1.54, 1.807) is 11.4 Å². The number of carbonyl (C=O) groups excluding carboxylic acids is 3. The zero-order chi connectivity index (χ0) is 19.2. The Kier molecular flexibility index (Phi) is 6.18. The highest BCUT2D eigenvalue weighted by molar-refractivity contribution is 7.13. The minimum Gasteiger partial charge on any atom is -0.469 e. The molecule has 0 atom stereocenters. The maximum Gasteiger partial charge on any atom is 0.338 e. The fraction of sp³-hybridized carbons (Fsp3) is 0.368. The molecule has 1 amide bonds. The third-order valence-corrected chi connectivity index (χ3v) is 5.08. The van der Waals surface area contributed by atoms with E-state index in [4.69, 9.17) is 4.74 Å². The first-order valence-electron chi connectivity index (χ1n) is 8.65. The number of nitrogens with zero attached hydrogens (tertiary/aromatic N) is 1. The second-order valence-electron chi connectivity index (χ2n) is 6.21. The lowest BCUT2D eigenvalue weighted by Gasteiger charge is -2.16. The van der Waals surface area contributed by atoms with Gasteiger partial charge in [-0.2, -0.15) is 0 Å². The highest BCUT2D eigenvalue weighted by Gasteiger charge is 2.16. The van der Waals surface area contributed by atoms with Gasteiger partial charge in [0, 0.05) is 5.38 Å². The van der Waals surface area contributed by atoms with E-state index in [-0.39, 0.29) is 6.42 Å². The maximum atomic E-state index is 12.2. The molecular weight excluding hydrogens is 368 g/mol. The maximum absolute atomic E-state index is 12.2. The van der Waals surface area contributed by atoms with Crippen molar-refractivity contribution in [1.82, 2.24) is 4.98 Å². The molecule has 0 aliphatic heterocycles. The van der Waals surface area contributed by atoms with Crippen LogP contribution in [0.15, 0.2) is 23.6 Å². The van der Waals surface area contributed by atoms with Gasteiger partial charge in [0.1, 0.15) is 0 Å². The SMILES string of the molecule is COC(=O)Cc1csc(NC(=O)COC(=O)c2ccc3c(c2)CCCC3)n1. The van der Waals surface area contributed by atoms with Gasteiger partial charge in [0.15, 0.2) is 11.7 Å². The third-order valence-electron chi connectivity index (χ3n) is 4.27. The molecule has 0 saturated carbocycles. The Hall–Kier alpha value is -2.74. The zero-order valence-corrected chi connectivity index (χ0v) is 15.8. The Morgan fingerprint density at radius 3 is 2.74 bits per heavy atom. The molecule has 7 nitrogen and oxygen atoms in total. The molecule has 1 N–H and O–H groups in total. The minimum absolute atomic E-state index is 0.0379. The molecule has 2 aromatic rings. The van der Waals surface area contributed by atoms with E-state index in [1.807, 2.05) is 12.1 Å². The number of esters is 2. The number of thiazole rings is 1. The summed E-state index contributed by atoms with van der Waals surface area (Å²) in [5.41, 5.74) is 3.43. The van der Waals surface area contributed by atoms with Crippen LogP contribution in [0.5, 0.6) is 0 Å². The summed E-state index contributed by atoms with van der Waals surface area (Å²) >= 11 is 1.19. The lowest BCUT2D eigenvalue weighted by molar-refractivity contribution is -0.139. The normalized spacial score (nSPS) is 12.8. The first-order chi connectivity index (χ1) is 13.0. The highest BCUT2D eigenvalue weighted by Crippen LogP contribution is 2.22. The van der Waals surface area contributed by atoms with Crippen LogP contribution in [0.3, 0.4) is 0 Å². The first kappa shape index (κ1) is 19.0. The molecule has 0 spiro atoms. The fourth-order valence-corrected chi connectivity index (χ4v) is 3.62. The van der Waals surface area contributed by atoms with Crippen LogP contribution < -0.4 is 5.32 Å². The number of carbonyl (C=O) groups is 3. The number of benzene rings is 1. The molecule has 1 aromatic heterocycles. The number of fused-ring (bicyclic) bond motifs is 1. The van der Waals surface area contributed by atoms with Crippen LogP contribution >= 0.6 is 11.3 Å². The highest BCUT2D eigenvalue weighted by atomic mass is 32.1. The molecular formula is C19H20N2O5S. The molecule has 3 rings (SSSR count). The van der Waals surface area contributed by atoms with Crippen LogP contribution in [0, 0.1) is 0 Å². The topological polar surface area (TPSA) is 94.6 Å². The third kappa shape index (κ3) is 5.13. The second-order valence-corrected chi connectivity index (χ2v) is 7.07. The number of methoxy groups -OCH3 is 1. The van der Waals surface area contributed by atoms with Crippen LogP contribution in [0.1, 0.15) is 40.0 Å². The molecule has 0 bridgehead atoms. The van der Waals surface area contributed by atoms with Crippen molar-refractivity contribution >= 4 is 34.3 Å². The summed E-state index contributed by atoms with van der Waals surface area (Å²) in [7, 11) is 1.30. The van der Waals surface area contributed by atoms with Gasteiger partial charge in [0.2, 0.25) is 0 Å². The molecule has 142 valence electrons. The lowest BCUT2D eigenvalue weighted by Crippen LogP contribution is -2.21. The molecule has 27 heavy (non-hydrogen) atoms. The molecule has 1 heterocycles. The van der Waals surface area contributed by atoms with Gasteiger partial charge in [-0.05, 0) is 48.9 Å². The molecule has 8 heteroatoms. The van der Waals surface area contributed by atoms with Gasteiger partial charge in [-0.1, -0.05) is 6.07 Å². The van der Waals surface area contributed by atoms with Crippen LogP contribution in [0.25, 0.3) is 0 Å². The minimum atomic E-state index is -0.524. The smallest absolute Gasteiger partial charge is 0.338 e. The summed E-state index contributed by atoms with van der Waals surface area (Å²) in [6.07, 6.45) is 4.35. The number of anilines is 1. The Bertz CT molecular complexity index is 862. The molecule has 1 aliphatic carbocycles. The van der Waals surface area contributed by atoms with Crippen molar-refractivity contribution in [3.05, 3.63) is 46.0 Å². The van der Waals surface area contributed by atoms with Gasteiger partial charge in [0.25, 0.3) is 5.91 Å². The predicted molar refractivity (Wildman–Crippen MR) is 99.8 cm³/mol. The molecule has 0 fully saturated rings. The van der Waals surface area contributed by atoms with Gasteiger partial charge in [-0.15, -0.1) is 11.3 Å². The van der Waals surface area contributed by atoms with Crippen LogP contribution in [0.2, 0.25) is 0 Å². The number of hydrogen-bond acceptors (Lipinski definition) is 7. The number of amides is 1. The van der Waals surface area contributed by atoms with Gasteiger partial charge >= 0.3 is 11.9 Å². The van der Waals surface area contributed by atoms with Gasteiger partial charge in [-0.3, -0.25) is 14.9 Å². The quantitative estimate of drug-likeness (QED) is 0.764. The van der Waals surface area contributed by atoms with Gasteiger partial charge in [0.05, 0.1) is 24.8 Å². The van der Waals surface area contributed by atoms with Crippen molar-refractivity contribution in [2.75, 3.05) is 19.0 Å². The van der Waals surface area contributed by atoms with E-state index in [1.165, 1.54) is 36.0 Å². The summed E-state index contributed by atoms with van der Waals surface area (Å²) in [6, 6.07) is 5.56. The van der Waals surface area contributed by atoms with E-state index < -0.39 is 24.5 Å². The number of ether oxygens (including phenoxy) is 2. The zero-order valence-electron chi connectivity index (χ0n) is 14.9. The Balaban J connectivity index is 1.50. The first-order valence-corrected chi connectivity index (χ1v) is 9.53. The van der Waals surface area contributed by atoms with E-state index in [2.05, 4.69) is 15.0 Å². The number of aromatic nitrogens is 1. The summed E-state index contributed by atoms with van der Waals surface area (Å²) in [5.74, 6) is -1.42. The van der Waals surface area contributed by atoms with Gasteiger partial charge < -0.3 is 9.47 Å². The van der Waals surface area contributed by atoms with Crippen LogP contribution in [0.4, 0.5) is 5.13 Å². The largest absolute Gasteiger partial charge is 0.469 e. The monoisotopic (exact) mass is 388 g/mol. The fourth-order valence-electron chi connectivity index (χ4n) is 2.90. The van der Waals surface area contributed by atoms with Crippen LogP contribution in [-0.4, -0.2) is 36.5 Å². The molecule has 1 aromatic carbocycles. The predicted octanol–water partition coefficient (Wildman–Crippen LogP) is 2.53. The summed E-state index contributed by atoms with van der Waals surface area (Å²) < 4.78 is 9.66. The Morgan fingerprint density at radius 2 is 1.96 bits per heavy atom. The van der Waals surface area contributed by atoms with E-state index >= 15 is 0 Å². The van der Waals surface area contributed by atoms with Crippen molar-refractivity contribution in [1.29, 1.82) is 0 Å². The summed E-state index contributed by atoms with van der Waals surface area (Å²) in [4.78, 5) is 39.5. The lowest BCUT2D eigenvalue weighted by atomic mass is 9.90. The second kappa shape index (κ2) is 8.77. The van der Waals surface area contributed by atoms with Gasteiger partial charge in [-0.25, -0.2) is 9.78 Å². The standard InChI is InChI=1S/C19H20N2O5S/c1-25-17(23)9-15-11-27-19(20-15)21-16(22)10-26-18(24)14-7-6-12-4-2-3-5-13(12)8-14/h6-8,11H,2-5,9-10H2,1H3,(H,20,21,22).